The minimum absolute atomic E-state index is 0.104. The molecule has 0 spiro atoms. The first-order valence-corrected chi connectivity index (χ1v) is 7.29. The van der Waals surface area contributed by atoms with E-state index in [0.717, 1.165) is 24.4 Å². The normalized spacial score (nSPS) is 11.8. The number of carbonyl (C=O) groups is 1. The Hall–Kier alpha value is -2.98. The number of hydrogen-bond acceptors (Lipinski definition) is 4. The highest BCUT2D eigenvalue weighted by molar-refractivity contribution is 5.91. The zero-order valence-corrected chi connectivity index (χ0v) is 13.4. The second-order valence-electron chi connectivity index (χ2n) is 5.12. The molecule has 1 amide bonds. The fraction of sp³-hybridized carbons (Fsp3) is 0.250. The van der Waals surface area contributed by atoms with Crippen molar-refractivity contribution in [2.45, 2.75) is 12.4 Å². The Kier molecular flexibility index (Phi) is 6.13. The standard InChI is InChI=1S/C16H12F6N2O3/c17-15(18,19)9-27-14-6-5-10(7-23-14)24-13(25)8-26-12-4-2-1-3-11(12)16(20,21)22/h1-7H,8-9H2,(H,24,25). The van der Waals surface area contributed by atoms with Gasteiger partial charge in [-0.2, -0.15) is 26.3 Å². The van der Waals surface area contributed by atoms with E-state index in [4.69, 9.17) is 4.74 Å². The molecule has 0 radical (unpaired) electrons. The lowest BCUT2D eigenvalue weighted by Crippen LogP contribution is -2.21. The van der Waals surface area contributed by atoms with Gasteiger partial charge in [-0.25, -0.2) is 4.98 Å². The number of ether oxygens (including phenoxy) is 2. The number of aromatic nitrogens is 1. The molecule has 2 aromatic rings. The third-order valence-corrected chi connectivity index (χ3v) is 2.96. The first-order chi connectivity index (χ1) is 12.5. The fourth-order valence-electron chi connectivity index (χ4n) is 1.86. The minimum Gasteiger partial charge on any atom is -0.483 e. The summed E-state index contributed by atoms with van der Waals surface area (Å²) in [5, 5.41) is 2.28. The van der Waals surface area contributed by atoms with Crippen LogP contribution in [-0.2, 0) is 11.0 Å². The van der Waals surface area contributed by atoms with Crippen LogP contribution in [0.5, 0.6) is 11.6 Å². The molecule has 5 nitrogen and oxygen atoms in total. The minimum atomic E-state index is -4.64. The lowest BCUT2D eigenvalue weighted by Gasteiger charge is -2.13. The van der Waals surface area contributed by atoms with Crippen LogP contribution in [0.1, 0.15) is 5.56 Å². The Morgan fingerprint density at radius 1 is 1.00 bits per heavy atom. The highest BCUT2D eigenvalue weighted by Gasteiger charge is 2.34. The topological polar surface area (TPSA) is 60.5 Å². The average Bonchev–Trinajstić information content (AvgIpc) is 2.58. The lowest BCUT2D eigenvalue weighted by atomic mass is 10.2. The third kappa shape index (κ3) is 6.68. The Bertz CT molecular complexity index is 775. The summed E-state index contributed by atoms with van der Waals surface area (Å²) in [6, 6.07) is 6.72. The number of nitrogens with zero attached hydrogens (tertiary/aromatic N) is 1. The third-order valence-electron chi connectivity index (χ3n) is 2.96. The van der Waals surface area contributed by atoms with Gasteiger partial charge in [0.15, 0.2) is 13.2 Å². The number of para-hydroxylation sites is 1. The highest BCUT2D eigenvalue weighted by atomic mass is 19.4. The van der Waals surface area contributed by atoms with Crippen LogP contribution in [0, 0.1) is 0 Å². The molecule has 0 aliphatic heterocycles. The number of rotatable bonds is 6. The van der Waals surface area contributed by atoms with Crippen LogP contribution in [0.2, 0.25) is 0 Å². The summed E-state index contributed by atoms with van der Waals surface area (Å²) in [6.07, 6.45) is -8.12. The highest BCUT2D eigenvalue weighted by Crippen LogP contribution is 2.35. The van der Waals surface area contributed by atoms with Crippen molar-refractivity contribution in [1.29, 1.82) is 0 Å². The fourth-order valence-corrected chi connectivity index (χ4v) is 1.86. The zero-order chi connectivity index (χ0) is 20.1. The van der Waals surface area contributed by atoms with Gasteiger partial charge in [-0.05, 0) is 18.2 Å². The molecule has 0 aliphatic rings. The van der Waals surface area contributed by atoms with E-state index in [1.54, 1.807) is 0 Å². The Morgan fingerprint density at radius 2 is 1.70 bits per heavy atom. The summed E-state index contributed by atoms with van der Waals surface area (Å²) in [5.41, 5.74) is -0.919. The summed E-state index contributed by atoms with van der Waals surface area (Å²) in [4.78, 5) is 15.3. The van der Waals surface area contributed by atoms with Crippen LogP contribution < -0.4 is 14.8 Å². The number of benzene rings is 1. The maximum atomic E-state index is 12.8. The molecule has 27 heavy (non-hydrogen) atoms. The average molecular weight is 394 g/mol. The molecule has 1 N–H and O–H groups in total. The molecule has 1 aromatic heterocycles. The van der Waals surface area contributed by atoms with Crippen molar-refractivity contribution < 1.29 is 40.6 Å². The van der Waals surface area contributed by atoms with Crippen molar-refractivity contribution in [2.24, 2.45) is 0 Å². The SMILES string of the molecule is O=C(COc1ccccc1C(F)(F)F)Nc1ccc(OCC(F)(F)F)nc1. The van der Waals surface area contributed by atoms with E-state index in [1.807, 2.05) is 0 Å². The van der Waals surface area contributed by atoms with E-state index >= 15 is 0 Å². The van der Waals surface area contributed by atoms with E-state index in [1.165, 1.54) is 18.2 Å². The van der Waals surface area contributed by atoms with Crippen LogP contribution >= 0.6 is 0 Å². The van der Waals surface area contributed by atoms with Crippen LogP contribution in [0.4, 0.5) is 32.0 Å². The molecule has 11 heteroatoms. The number of anilines is 1. The number of carbonyl (C=O) groups excluding carboxylic acids is 1. The van der Waals surface area contributed by atoms with Gasteiger partial charge in [0.25, 0.3) is 5.91 Å². The van der Waals surface area contributed by atoms with Gasteiger partial charge < -0.3 is 14.8 Å². The van der Waals surface area contributed by atoms with E-state index in [2.05, 4.69) is 15.0 Å². The molecule has 0 saturated carbocycles. The van der Waals surface area contributed by atoms with Gasteiger partial charge in [-0.15, -0.1) is 0 Å². The van der Waals surface area contributed by atoms with Crippen LogP contribution in [0.25, 0.3) is 0 Å². The van der Waals surface area contributed by atoms with E-state index in [9.17, 15) is 31.1 Å². The number of alkyl halides is 6. The number of halogens is 6. The van der Waals surface area contributed by atoms with Gasteiger partial charge >= 0.3 is 12.4 Å². The molecule has 0 saturated heterocycles. The van der Waals surface area contributed by atoms with E-state index in [0.29, 0.717) is 0 Å². The Balaban J connectivity index is 1.90. The molecular formula is C16H12F6N2O3. The maximum Gasteiger partial charge on any atom is 0.422 e. The summed E-state index contributed by atoms with van der Waals surface area (Å²) in [6.45, 7) is -2.22. The molecule has 146 valence electrons. The number of hydrogen-bond donors (Lipinski definition) is 1. The van der Waals surface area contributed by atoms with Crippen LogP contribution in [0.15, 0.2) is 42.6 Å². The van der Waals surface area contributed by atoms with Gasteiger partial charge in [-0.1, -0.05) is 12.1 Å². The number of pyridine rings is 1. The van der Waals surface area contributed by atoms with E-state index in [-0.39, 0.29) is 11.6 Å². The molecular weight excluding hydrogens is 382 g/mol. The molecule has 0 unspecified atom stereocenters. The predicted molar refractivity (Wildman–Crippen MR) is 81.4 cm³/mol. The van der Waals surface area contributed by atoms with Crippen molar-refractivity contribution in [3.63, 3.8) is 0 Å². The second-order valence-corrected chi connectivity index (χ2v) is 5.12. The monoisotopic (exact) mass is 394 g/mol. The molecule has 0 atom stereocenters. The van der Waals surface area contributed by atoms with Gasteiger partial charge in [-0.3, -0.25) is 4.79 Å². The van der Waals surface area contributed by atoms with Crippen molar-refractivity contribution >= 4 is 11.6 Å². The number of nitrogens with one attached hydrogen (secondary N) is 1. The molecule has 0 aliphatic carbocycles. The van der Waals surface area contributed by atoms with Crippen molar-refractivity contribution in [1.82, 2.24) is 4.98 Å². The zero-order valence-electron chi connectivity index (χ0n) is 13.4. The summed E-state index contributed by atoms with van der Waals surface area (Å²) < 4.78 is 83.8. The van der Waals surface area contributed by atoms with E-state index < -0.39 is 42.8 Å². The maximum absolute atomic E-state index is 12.8. The molecule has 1 aromatic carbocycles. The Morgan fingerprint density at radius 3 is 2.30 bits per heavy atom. The number of amides is 1. The Labute approximate surface area is 148 Å². The van der Waals surface area contributed by atoms with Gasteiger partial charge in [0.2, 0.25) is 5.88 Å². The van der Waals surface area contributed by atoms with Crippen molar-refractivity contribution in [3.05, 3.63) is 48.2 Å². The van der Waals surface area contributed by atoms with Gasteiger partial charge in [0.05, 0.1) is 17.4 Å². The molecule has 1 heterocycles. The summed E-state index contributed by atoms with van der Waals surface area (Å²) in [7, 11) is 0. The largest absolute Gasteiger partial charge is 0.483 e. The summed E-state index contributed by atoms with van der Waals surface area (Å²) in [5.74, 6) is -1.59. The smallest absolute Gasteiger partial charge is 0.422 e. The van der Waals surface area contributed by atoms with Crippen molar-refractivity contribution in [3.8, 4) is 11.6 Å². The van der Waals surface area contributed by atoms with Gasteiger partial charge in [0.1, 0.15) is 5.75 Å². The second kappa shape index (κ2) is 8.14. The first kappa shape index (κ1) is 20.3. The molecule has 2 rings (SSSR count). The van der Waals surface area contributed by atoms with Crippen LogP contribution in [0.3, 0.4) is 0 Å². The molecule has 0 bridgehead atoms. The lowest BCUT2D eigenvalue weighted by molar-refractivity contribution is -0.154. The summed E-state index contributed by atoms with van der Waals surface area (Å²) >= 11 is 0. The van der Waals surface area contributed by atoms with Crippen LogP contribution in [-0.4, -0.2) is 30.3 Å². The predicted octanol–water partition coefficient (Wildman–Crippen LogP) is 4.06. The quantitative estimate of drug-likeness (QED) is 0.751. The van der Waals surface area contributed by atoms with Gasteiger partial charge in [0, 0.05) is 6.07 Å². The van der Waals surface area contributed by atoms with Crippen molar-refractivity contribution in [2.75, 3.05) is 18.5 Å². The molecule has 0 fully saturated rings. The first-order valence-electron chi connectivity index (χ1n) is 7.29.